The molecule has 1 N–H and O–H groups in total. The van der Waals surface area contributed by atoms with Gasteiger partial charge < -0.3 is 4.74 Å². The van der Waals surface area contributed by atoms with Gasteiger partial charge in [0.1, 0.15) is 5.75 Å². The summed E-state index contributed by atoms with van der Waals surface area (Å²) in [6.07, 6.45) is -4.58. The lowest BCUT2D eigenvalue weighted by Crippen LogP contribution is -2.20. The van der Waals surface area contributed by atoms with E-state index in [-0.39, 0.29) is 23.1 Å². The number of alkyl halides is 3. The fourth-order valence-electron chi connectivity index (χ4n) is 2.08. The van der Waals surface area contributed by atoms with Crippen molar-refractivity contribution in [3.63, 3.8) is 0 Å². The third-order valence-electron chi connectivity index (χ3n) is 3.15. The molecule has 1 aromatic heterocycles. The summed E-state index contributed by atoms with van der Waals surface area (Å²) in [7, 11) is 0. The Hall–Kier alpha value is -2.16. The molecule has 0 bridgehead atoms. The molecule has 1 heterocycles. The molecular formula is C15H16F3N3O2S. The smallest absolute Gasteiger partial charge is 0.445 e. The Labute approximate surface area is 140 Å². The van der Waals surface area contributed by atoms with Gasteiger partial charge in [-0.1, -0.05) is 31.3 Å². The number of nitrogens with zero attached hydrogens (tertiary/aromatic N) is 2. The van der Waals surface area contributed by atoms with E-state index in [0.29, 0.717) is 11.7 Å². The van der Waals surface area contributed by atoms with Crippen molar-refractivity contribution in [3.05, 3.63) is 34.3 Å². The third-order valence-corrected chi connectivity index (χ3v) is 4.03. The van der Waals surface area contributed by atoms with E-state index in [9.17, 15) is 18.0 Å². The van der Waals surface area contributed by atoms with Crippen LogP contribution in [0.25, 0.3) is 0 Å². The molecule has 2 rings (SSSR count). The van der Waals surface area contributed by atoms with Crippen LogP contribution >= 0.6 is 11.3 Å². The summed E-state index contributed by atoms with van der Waals surface area (Å²) in [6.45, 7) is 5.77. The normalized spacial score (nSPS) is 11.6. The van der Waals surface area contributed by atoms with Crippen molar-refractivity contribution < 1.29 is 22.7 Å². The molecule has 130 valence electrons. The fourth-order valence-corrected chi connectivity index (χ4v) is 2.71. The largest absolute Gasteiger partial charge is 0.484 e. The Morgan fingerprint density at radius 1 is 1.33 bits per heavy atom. The molecule has 0 aliphatic heterocycles. The summed E-state index contributed by atoms with van der Waals surface area (Å²) >= 11 is 0.263. The van der Waals surface area contributed by atoms with Gasteiger partial charge in [0.2, 0.25) is 10.1 Å². The Morgan fingerprint density at radius 2 is 2.04 bits per heavy atom. The highest BCUT2D eigenvalue weighted by Gasteiger charge is 2.35. The number of aromatic nitrogens is 2. The summed E-state index contributed by atoms with van der Waals surface area (Å²) in [4.78, 5) is 11.7. The van der Waals surface area contributed by atoms with Crippen molar-refractivity contribution in [2.75, 3.05) is 11.9 Å². The van der Waals surface area contributed by atoms with Crippen LogP contribution in [0.5, 0.6) is 5.75 Å². The second-order valence-corrected chi connectivity index (χ2v) is 6.40. The van der Waals surface area contributed by atoms with Crippen molar-refractivity contribution in [2.45, 2.75) is 32.9 Å². The number of aryl methyl sites for hydroxylation is 1. The quantitative estimate of drug-likeness (QED) is 0.876. The van der Waals surface area contributed by atoms with Crippen molar-refractivity contribution in [1.29, 1.82) is 0 Å². The van der Waals surface area contributed by atoms with Crippen LogP contribution < -0.4 is 10.1 Å². The first-order chi connectivity index (χ1) is 11.2. The lowest BCUT2D eigenvalue weighted by atomic mass is 9.98. The minimum atomic E-state index is -4.58. The molecule has 0 spiro atoms. The number of rotatable bonds is 5. The van der Waals surface area contributed by atoms with E-state index < -0.39 is 17.1 Å². The van der Waals surface area contributed by atoms with Gasteiger partial charge in [-0.15, -0.1) is 10.2 Å². The predicted octanol–water partition coefficient (Wildman–Crippen LogP) is 4.01. The first-order valence-corrected chi connectivity index (χ1v) is 7.92. The summed E-state index contributed by atoms with van der Waals surface area (Å²) in [6, 6.07) is 5.49. The van der Waals surface area contributed by atoms with E-state index in [1.807, 2.05) is 19.1 Å². The number of hydrogen-bond acceptors (Lipinski definition) is 5. The number of nitrogens with one attached hydrogen (secondary N) is 1. The minimum Gasteiger partial charge on any atom is -0.484 e. The van der Waals surface area contributed by atoms with Gasteiger partial charge in [0, 0.05) is 0 Å². The molecule has 0 aliphatic rings. The second-order valence-electron chi connectivity index (χ2n) is 5.42. The monoisotopic (exact) mass is 359 g/mol. The van der Waals surface area contributed by atoms with Crippen LogP contribution in [0.2, 0.25) is 0 Å². The molecule has 2 aromatic rings. The number of halogens is 3. The number of carbonyl (C=O) groups is 1. The Kier molecular flexibility index (Phi) is 5.43. The molecular weight excluding hydrogens is 343 g/mol. The van der Waals surface area contributed by atoms with Crippen LogP contribution in [0.1, 0.15) is 35.9 Å². The molecule has 1 amide bonds. The molecule has 9 heteroatoms. The Morgan fingerprint density at radius 3 is 2.58 bits per heavy atom. The average Bonchev–Trinajstić information content (AvgIpc) is 2.93. The molecule has 0 unspecified atom stereocenters. The first kappa shape index (κ1) is 18.2. The lowest BCUT2D eigenvalue weighted by Gasteiger charge is -2.12. The van der Waals surface area contributed by atoms with Gasteiger partial charge in [0.05, 0.1) is 0 Å². The van der Waals surface area contributed by atoms with Crippen LogP contribution in [0, 0.1) is 6.92 Å². The number of hydrogen-bond donors (Lipinski definition) is 1. The fraction of sp³-hybridized carbons (Fsp3) is 0.400. The van der Waals surface area contributed by atoms with E-state index in [1.54, 1.807) is 6.07 Å². The maximum atomic E-state index is 12.4. The van der Waals surface area contributed by atoms with Gasteiger partial charge in [0.25, 0.3) is 5.91 Å². The topological polar surface area (TPSA) is 64.1 Å². The summed E-state index contributed by atoms with van der Waals surface area (Å²) in [5.41, 5.74) is 2.22. The highest BCUT2D eigenvalue weighted by Crippen LogP contribution is 2.33. The van der Waals surface area contributed by atoms with Gasteiger partial charge in [-0.2, -0.15) is 13.2 Å². The molecule has 24 heavy (non-hydrogen) atoms. The van der Waals surface area contributed by atoms with Crippen LogP contribution in [0.4, 0.5) is 18.3 Å². The van der Waals surface area contributed by atoms with Crippen LogP contribution in [-0.4, -0.2) is 22.7 Å². The maximum absolute atomic E-state index is 12.4. The van der Waals surface area contributed by atoms with Crippen molar-refractivity contribution in [2.24, 2.45) is 0 Å². The van der Waals surface area contributed by atoms with E-state index in [2.05, 4.69) is 29.4 Å². The molecule has 0 saturated carbocycles. The predicted molar refractivity (Wildman–Crippen MR) is 84.3 cm³/mol. The highest BCUT2D eigenvalue weighted by atomic mass is 32.1. The lowest BCUT2D eigenvalue weighted by molar-refractivity contribution is -0.138. The molecule has 0 saturated heterocycles. The molecule has 0 aliphatic carbocycles. The Balaban J connectivity index is 1.91. The van der Waals surface area contributed by atoms with E-state index in [1.165, 1.54) is 5.56 Å². The van der Waals surface area contributed by atoms with Crippen molar-refractivity contribution in [1.82, 2.24) is 10.2 Å². The number of ether oxygens (including phenoxy) is 1. The van der Waals surface area contributed by atoms with E-state index in [0.717, 1.165) is 5.56 Å². The van der Waals surface area contributed by atoms with Gasteiger partial charge in [-0.05, 0) is 36.1 Å². The summed E-state index contributed by atoms with van der Waals surface area (Å²) in [5.74, 6) is 0.285. The van der Waals surface area contributed by atoms with E-state index in [4.69, 9.17) is 4.74 Å². The standard InChI is InChI=1S/C15H16F3N3O2S/c1-8(2)11-5-4-10(6-9(11)3)23-7-12(22)19-14-21-20-13(24-14)15(16,17)18/h4-6,8H,7H2,1-3H3,(H,19,21,22). The second kappa shape index (κ2) is 7.16. The van der Waals surface area contributed by atoms with Crippen LogP contribution in [0.3, 0.4) is 0 Å². The molecule has 5 nitrogen and oxygen atoms in total. The number of benzene rings is 1. The SMILES string of the molecule is Cc1cc(OCC(=O)Nc2nnc(C(F)(F)F)s2)ccc1C(C)C. The van der Waals surface area contributed by atoms with Gasteiger partial charge >= 0.3 is 6.18 Å². The zero-order chi connectivity index (χ0) is 17.9. The summed E-state index contributed by atoms with van der Waals surface area (Å²) < 4.78 is 42.6. The van der Waals surface area contributed by atoms with Crippen molar-refractivity contribution >= 4 is 22.4 Å². The van der Waals surface area contributed by atoms with Crippen LogP contribution in [0.15, 0.2) is 18.2 Å². The molecule has 1 aromatic carbocycles. The molecule has 0 atom stereocenters. The zero-order valence-electron chi connectivity index (χ0n) is 13.3. The zero-order valence-corrected chi connectivity index (χ0v) is 14.1. The summed E-state index contributed by atoms with van der Waals surface area (Å²) in [5, 5.41) is 7.17. The van der Waals surface area contributed by atoms with E-state index >= 15 is 0 Å². The number of amides is 1. The van der Waals surface area contributed by atoms with Crippen LogP contribution in [-0.2, 0) is 11.0 Å². The van der Waals surface area contributed by atoms with Crippen molar-refractivity contribution in [3.8, 4) is 5.75 Å². The third kappa shape index (κ3) is 4.67. The minimum absolute atomic E-state index is 0.220. The highest BCUT2D eigenvalue weighted by molar-refractivity contribution is 7.15. The molecule has 0 fully saturated rings. The first-order valence-electron chi connectivity index (χ1n) is 7.10. The van der Waals surface area contributed by atoms with Gasteiger partial charge in [0.15, 0.2) is 6.61 Å². The number of anilines is 1. The Bertz CT molecular complexity index is 729. The molecule has 0 radical (unpaired) electrons. The average molecular weight is 359 g/mol. The van der Waals surface area contributed by atoms with Gasteiger partial charge in [-0.25, -0.2) is 0 Å². The number of carbonyl (C=O) groups excluding carboxylic acids is 1. The van der Waals surface area contributed by atoms with Gasteiger partial charge in [-0.3, -0.25) is 10.1 Å². The maximum Gasteiger partial charge on any atom is 0.445 e.